The van der Waals surface area contributed by atoms with Crippen LogP contribution < -0.4 is 5.32 Å². The van der Waals surface area contributed by atoms with Crippen LogP contribution in [-0.2, 0) is 4.74 Å². The van der Waals surface area contributed by atoms with Crippen LogP contribution in [0.3, 0.4) is 0 Å². The van der Waals surface area contributed by atoms with Gasteiger partial charge in [-0.25, -0.2) is 4.79 Å². The topological polar surface area (TPSA) is 71.5 Å². The molecule has 21 heavy (non-hydrogen) atoms. The zero-order valence-electron chi connectivity index (χ0n) is 11.6. The van der Waals surface area contributed by atoms with Crippen LogP contribution in [0, 0.1) is 0 Å². The summed E-state index contributed by atoms with van der Waals surface area (Å²) in [6.07, 6.45) is 2.56. The first-order chi connectivity index (χ1) is 10.2. The van der Waals surface area contributed by atoms with Gasteiger partial charge < -0.3 is 15.0 Å². The van der Waals surface area contributed by atoms with Crippen molar-refractivity contribution >= 4 is 23.6 Å². The molecule has 1 N–H and O–H groups in total. The Morgan fingerprint density at radius 1 is 1.38 bits per heavy atom. The molecule has 1 aromatic heterocycles. The van der Waals surface area contributed by atoms with Crippen LogP contribution in [0.5, 0.6) is 0 Å². The Labute approximate surface area is 128 Å². The number of hydrogen-bond donors (Lipinski definition) is 1. The van der Waals surface area contributed by atoms with Gasteiger partial charge in [0, 0.05) is 25.3 Å². The highest BCUT2D eigenvalue weighted by Gasteiger charge is 2.25. The summed E-state index contributed by atoms with van der Waals surface area (Å²) in [4.78, 5) is 29.4. The molecule has 0 unspecified atom stereocenters. The predicted octanol–water partition coefficient (Wildman–Crippen LogP) is 1.65. The number of carbonyl (C=O) groups is 2. The van der Waals surface area contributed by atoms with E-state index in [1.807, 2.05) is 0 Å². The maximum absolute atomic E-state index is 12.2. The van der Waals surface area contributed by atoms with E-state index in [-0.39, 0.29) is 24.4 Å². The smallest absolute Gasteiger partial charge is 0.407 e. The van der Waals surface area contributed by atoms with Gasteiger partial charge in [0.15, 0.2) is 0 Å². The van der Waals surface area contributed by atoms with Gasteiger partial charge in [0.05, 0.1) is 5.88 Å². The number of hydrogen-bond acceptors (Lipinski definition) is 4. The van der Waals surface area contributed by atoms with Gasteiger partial charge in [-0.1, -0.05) is 6.07 Å². The molecule has 0 aromatic carbocycles. The second kappa shape index (κ2) is 7.83. The normalized spacial score (nSPS) is 15.6. The van der Waals surface area contributed by atoms with Crippen molar-refractivity contribution in [3.8, 4) is 0 Å². The van der Waals surface area contributed by atoms with Gasteiger partial charge >= 0.3 is 6.09 Å². The van der Waals surface area contributed by atoms with Crippen LogP contribution in [0.15, 0.2) is 24.4 Å². The largest absolute Gasteiger partial charge is 0.448 e. The molecule has 114 valence electrons. The lowest BCUT2D eigenvalue weighted by atomic mass is 10.0. The zero-order chi connectivity index (χ0) is 15.1. The van der Waals surface area contributed by atoms with E-state index in [9.17, 15) is 9.59 Å². The van der Waals surface area contributed by atoms with Crippen molar-refractivity contribution < 1.29 is 14.3 Å². The lowest BCUT2D eigenvalue weighted by Crippen LogP contribution is -2.46. The number of alkyl halides is 1. The van der Waals surface area contributed by atoms with Crippen molar-refractivity contribution in [2.45, 2.75) is 18.9 Å². The highest BCUT2D eigenvalue weighted by Crippen LogP contribution is 2.13. The fourth-order valence-corrected chi connectivity index (χ4v) is 2.29. The summed E-state index contributed by atoms with van der Waals surface area (Å²) < 4.78 is 4.87. The third-order valence-electron chi connectivity index (χ3n) is 3.30. The Balaban J connectivity index is 1.78. The van der Waals surface area contributed by atoms with Crippen LogP contribution in [0.2, 0.25) is 0 Å². The van der Waals surface area contributed by atoms with E-state index in [0.29, 0.717) is 31.6 Å². The fraction of sp³-hybridized carbons (Fsp3) is 0.500. The number of likely N-dealkylation sites (tertiary alicyclic amines) is 1. The van der Waals surface area contributed by atoms with Crippen LogP contribution in [0.4, 0.5) is 4.79 Å². The van der Waals surface area contributed by atoms with E-state index >= 15 is 0 Å². The summed E-state index contributed by atoms with van der Waals surface area (Å²) >= 11 is 5.45. The number of nitrogens with zero attached hydrogens (tertiary/aromatic N) is 2. The van der Waals surface area contributed by atoms with E-state index in [1.165, 1.54) is 0 Å². The summed E-state index contributed by atoms with van der Waals surface area (Å²) in [5, 5.41) is 2.78. The zero-order valence-corrected chi connectivity index (χ0v) is 12.4. The van der Waals surface area contributed by atoms with Gasteiger partial charge in [-0.15, -0.1) is 11.6 Å². The van der Waals surface area contributed by atoms with Gasteiger partial charge in [-0.2, -0.15) is 0 Å². The molecule has 1 aliphatic heterocycles. The molecule has 1 saturated heterocycles. The molecule has 0 radical (unpaired) electrons. The Bertz CT molecular complexity index is 476. The first-order valence-electron chi connectivity index (χ1n) is 6.90. The third kappa shape index (κ3) is 4.60. The Morgan fingerprint density at radius 3 is 2.76 bits per heavy atom. The number of amides is 2. The lowest BCUT2D eigenvalue weighted by Gasteiger charge is -2.31. The minimum atomic E-state index is -0.454. The molecule has 7 heteroatoms. The standard InChI is InChI=1S/C14H18ClN3O3/c15-6-10-21-14(20)17-11-4-8-18(9-5-11)13(19)12-3-1-2-7-16-12/h1-3,7,11H,4-6,8-10H2,(H,17,20). The van der Waals surface area contributed by atoms with Crippen molar-refractivity contribution in [2.75, 3.05) is 25.6 Å². The number of halogens is 1. The van der Waals surface area contributed by atoms with Crippen molar-refractivity contribution in [2.24, 2.45) is 0 Å². The number of ether oxygens (including phenoxy) is 1. The highest BCUT2D eigenvalue weighted by molar-refractivity contribution is 6.18. The molecule has 2 rings (SSSR count). The van der Waals surface area contributed by atoms with Gasteiger partial charge in [-0.3, -0.25) is 9.78 Å². The Kier molecular flexibility index (Phi) is 5.80. The van der Waals surface area contributed by atoms with E-state index < -0.39 is 6.09 Å². The monoisotopic (exact) mass is 311 g/mol. The minimum absolute atomic E-state index is 0.0283. The average molecular weight is 312 g/mol. The van der Waals surface area contributed by atoms with Crippen LogP contribution >= 0.6 is 11.6 Å². The summed E-state index contributed by atoms with van der Waals surface area (Å²) in [6.45, 7) is 1.39. The number of piperidine rings is 1. The summed E-state index contributed by atoms with van der Waals surface area (Å²) in [5.74, 6) is 0.212. The maximum atomic E-state index is 12.2. The number of rotatable bonds is 4. The molecule has 0 saturated carbocycles. The predicted molar refractivity (Wildman–Crippen MR) is 78.4 cm³/mol. The van der Waals surface area contributed by atoms with Crippen LogP contribution in [0.25, 0.3) is 0 Å². The molecule has 1 aliphatic rings. The average Bonchev–Trinajstić information content (AvgIpc) is 2.54. The number of aromatic nitrogens is 1. The van der Waals surface area contributed by atoms with Gasteiger partial charge in [-0.05, 0) is 25.0 Å². The van der Waals surface area contributed by atoms with Crippen molar-refractivity contribution in [3.05, 3.63) is 30.1 Å². The highest BCUT2D eigenvalue weighted by atomic mass is 35.5. The fourth-order valence-electron chi connectivity index (χ4n) is 2.22. The Hall–Kier alpha value is -1.82. The van der Waals surface area contributed by atoms with Gasteiger partial charge in [0.1, 0.15) is 12.3 Å². The Morgan fingerprint density at radius 2 is 2.14 bits per heavy atom. The van der Waals surface area contributed by atoms with E-state index in [1.54, 1.807) is 29.3 Å². The molecule has 0 bridgehead atoms. The molecule has 0 spiro atoms. The molecule has 1 aromatic rings. The van der Waals surface area contributed by atoms with Crippen LogP contribution in [0.1, 0.15) is 23.3 Å². The maximum Gasteiger partial charge on any atom is 0.407 e. The summed E-state index contributed by atoms with van der Waals surface area (Å²) in [7, 11) is 0. The number of alkyl carbamates (subject to hydrolysis) is 1. The van der Waals surface area contributed by atoms with E-state index in [4.69, 9.17) is 16.3 Å². The minimum Gasteiger partial charge on any atom is -0.448 e. The van der Waals surface area contributed by atoms with Crippen LogP contribution in [-0.4, -0.2) is 53.5 Å². The second-order valence-electron chi connectivity index (χ2n) is 4.75. The number of carbonyl (C=O) groups excluding carboxylic acids is 2. The SMILES string of the molecule is O=C(NC1CCN(C(=O)c2ccccn2)CC1)OCCCl. The first kappa shape index (κ1) is 15.6. The van der Waals surface area contributed by atoms with Crippen molar-refractivity contribution in [3.63, 3.8) is 0 Å². The molecule has 2 heterocycles. The van der Waals surface area contributed by atoms with Crippen molar-refractivity contribution in [1.82, 2.24) is 15.2 Å². The number of pyridine rings is 1. The molecule has 0 atom stereocenters. The van der Waals surface area contributed by atoms with Gasteiger partial charge in [0.25, 0.3) is 5.91 Å². The lowest BCUT2D eigenvalue weighted by molar-refractivity contribution is 0.0696. The van der Waals surface area contributed by atoms with Crippen molar-refractivity contribution in [1.29, 1.82) is 0 Å². The first-order valence-corrected chi connectivity index (χ1v) is 7.43. The van der Waals surface area contributed by atoms with E-state index in [2.05, 4.69) is 10.3 Å². The number of nitrogens with one attached hydrogen (secondary N) is 1. The molecule has 2 amide bonds. The summed E-state index contributed by atoms with van der Waals surface area (Å²) in [6, 6.07) is 5.30. The van der Waals surface area contributed by atoms with Gasteiger partial charge in [0.2, 0.25) is 0 Å². The second-order valence-corrected chi connectivity index (χ2v) is 5.13. The molecular formula is C14H18ClN3O3. The third-order valence-corrected chi connectivity index (χ3v) is 3.45. The molecular weight excluding hydrogens is 294 g/mol. The summed E-state index contributed by atoms with van der Waals surface area (Å²) in [5.41, 5.74) is 0.449. The molecule has 0 aliphatic carbocycles. The quantitative estimate of drug-likeness (QED) is 0.858. The molecule has 1 fully saturated rings. The molecule has 6 nitrogen and oxygen atoms in total. The van der Waals surface area contributed by atoms with E-state index in [0.717, 1.165) is 0 Å².